The molecule has 2 heterocycles. The second-order valence-corrected chi connectivity index (χ2v) is 14.9. The van der Waals surface area contributed by atoms with Crippen LogP contribution in [-0.2, 0) is 18.7 Å². The van der Waals surface area contributed by atoms with Crippen LogP contribution in [0, 0.1) is 5.92 Å². The van der Waals surface area contributed by atoms with Crippen molar-refractivity contribution < 1.29 is 28.6 Å². The zero-order chi connectivity index (χ0) is 26.1. The first-order chi connectivity index (χ1) is 16.3. The molecule has 0 radical (unpaired) electrons. The Morgan fingerprint density at radius 2 is 1.74 bits per heavy atom. The number of aliphatic carboxylic acids is 1. The zero-order valence-electron chi connectivity index (χ0n) is 20.8. The number of methoxy groups -OCH3 is 1. The lowest BCUT2D eigenvalue weighted by Crippen LogP contribution is -2.50. The third kappa shape index (κ3) is 5.22. The SMILES string of the molecule is COC[C@@H]1[C@H](O[Si](C)(C)C(C)(C)C)[C@@H](C(=O)O)O[C@H]1n1ccc(=O)n(C(=O)c2ccccc2)c1=O. The molecule has 10 nitrogen and oxygen atoms in total. The summed E-state index contributed by atoms with van der Waals surface area (Å²) in [4.78, 5) is 51.0. The lowest BCUT2D eigenvalue weighted by Gasteiger charge is -2.40. The molecule has 0 unspecified atom stereocenters. The molecular formula is C24H32N2O8Si. The van der Waals surface area contributed by atoms with E-state index in [-0.39, 0.29) is 17.2 Å². The standard InChI is InChI=1S/C24H32N2O8Si/c1-24(2,3)35(5,6)34-18-16(14-32-4)21(33-19(18)22(29)30)25-13-12-17(27)26(23(25)31)20(28)15-10-8-7-9-11-15/h7-13,16,18-19,21H,14H2,1-6H3,(H,29,30)/t16-,18+,19+,21-/m1/s1. The summed E-state index contributed by atoms with van der Waals surface area (Å²) in [5, 5.41) is 9.70. The molecule has 4 atom stereocenters. The molecule has 0 amide bonds. The summed E-state index contributed by atoms with van der Waals surface area (Å²) in [5.41, 5.74) is -1.58. The quantitative estimate of drug-likeness (QED) is 0.570. The molecule has 1 saturated heterocycles. The number of carbonyl (C=O) groups is 2. The summed E-state index contributed by atoms with van der Waals surface area (Å²) in [6.45, 7) is 10.1. The Morgan fingerprint density at radius 1 is 1.11 bits per heavy atom. The van der Waals surface area contributed by atoms with Crippen LogP contribution in [0.25, 0.3) is 0 Å². The number of hydrogen-bond donors (Lipinski definition) is 1. The second kappa shape index (κ2) is 10.0. The van der Waals surface area contributed by atoms with E-state index in [9.17, 15) is 24.3 Å². The molecule has 0 bridgehead atoms. The van der Waals surface area contributed by atoms with Crippen molar-refractivity contribution in [3.8, 4) is 0 Å². The number of carboxylic acid groups (broad SMARTS) is 1. The summed E-state index contributed by atoms with van der Waals surface area (Å²) in [6.07, 6.45) is -2.20. The highest BCUT2D eigenvalue weighted by atomic mass is 28.4. The number of ether oxygens (including phenoxy) is 2. The number of hydrogen-bond acceptors (Lipinski definition) is 7. The maximum absolute atomic E-state index is 13.4. The van der Waals surface area contributed by atoms with Gasteiger partial charge in [0.2, 0.25) is 0 Å². The highest BCUT2D eigenvalue weighted by molar-refractivity contribution is 6.74. The third-order valence-electron chi connectivity index (χ3n) is 6.72. The largest absolute Gasteiger partial charge is 0.479 e. The summed E-state index contributed by atoms with van der Waals surface area (Å²) in [6, 6.07) is 9.01. The second-order valence-electron chi connectivity index (χ2n) is 10.1. The van der Waals surface area contributed by atoms with Gasteiger partial charge in [-0.25, -0.2) is 9.59 Å². The Hall–Kier alpha value is -2.86. The predicted molar refractivity (Wildman–Crippen MR) is 130 cm³/mol. The first-order valence-electron chi connectivity index (χ1n) is 11.3. The third-order valence-corrected chi connectivity index (χ3v) is 11.2. The first kappa shape index (κ1) is 26.7. The summed E-state index contributed by atoms with van der Waals surface area (Å²) in [7, 11) is -0.994. The van der Waals surface area contributed by atoms with E-state index >= 15 is 0 Å². The number of benzene rings is 1. The molecule has 35 heavy (non-hydrogen) atoms. The van der Waals surface area contributed by atoms with E-state index in [0.717, 1.165) is 10.6 Å². The van der Waals surface area contributed by atoms with Crippen molar-refractivity contribution in [1.29, 1.82) is 0 Å². The van der Waals surface area contributed by atoms with Gasteiger partial charge < -0.3 is 19.0 Å². The van der Waals surface area contributed by atoms with E-state index in [4.69, 9.17) is 13.9 Å². The maximum atomic E-state index is 13.4. The fraction of sp³-hybridized carbons (Fsp3) is 0.500. The van der Waals surface area contributed by atoms with Gasteiger partial charge in [0.25, 0.3) is 11.5 Å². The van der Waals surface area contributed by atoms with E-state index in [0.29, 0.717) is 4.57 Å². The highest BCUT2D eigenvalue weighted by Crippen LogP contribution is 2.43. The van der Waals surface area contributed by atoms with Gasteiger partial charge in [-0.05, 0) is 30.3 Å². The molecule has 0 spiro atoms. The minimum Gasteiger partial charge on any atom is -0.479 e. The van der Waals surface area contributed by atoms with Crippen LogP contribution in [0.2, 0.25) is 18.1 Å². The van der Waals surface area contributed by atoms with E-state index < -0.39 is 55.8 Å². The Bertz CT molecular complexity index is 1200. The van der Waals surface area contributed by atoms with Crippen molar-refractivity contribution >= 4 is 20.2 Å². The molecule has 1 aromatic heterocycles. The fourth-order valence-electron chi connectivity index (χ4n) is 3.80. The molecule has 0 saturated carbocycles. The van der Waals surface area contributed by atoms with Crippen molar-refractivity contribution in [2.24, 2.45) is 5.92 Å². The van der Waals surface area contributed by atoms with E-state index in [1.165, 1.54) is 25.4 Å². The van der Waals surface area contributed by atoms with Crippen LogP contribution < -0.4 is 11.2 Å². The molecule has 2 aromatic rings. The number of rotatable bonds is 7. The Labute approximate surface area is 204 Å². The number of carboxylic acids is 1. The summed E-state index contributed by atoms with van der Waals surface area (Å²) in [5.74, 6) is -2.72. The molecule has 190 valence electrons. The van der Waals surface area contributed by atoms with Gasteiger partial charge >= 0.3 is 11.7 Å². The van der Waals surface area contributed by atoms with Gasteiger partial charge in [0.1, 0.15) is 6.23 Å². The van der Waals surface area contributed by atoms with Crippen molar-refractivity contribution in [3.05, 3.63) is 69.0 Å². The van der Waals surface area contributed by atoms with Crippen molar-refractivity contribution in [1.82, 2.24) is 9.13 Å². The zero-order valence-corrected chi connectivity index (χ0v) is 21.8. The predicted octanol–water partition coefficient (Wildman–Crippen LogP) is 2.33. The van der Waals surface area contributed by atoms with Crippen LogP contribution in [0.5, 0.6) is 0 Å². The first-order valence-corrected chi connectivity index (χ1v) is 14.2. The number of aromatic nitrogens is 2. The smallest absolute Gasteiger partial charge is 0.340 e. The van der Waals surface area contributed by atoms with Crippen LogP contribution in [-0.4, -0.2) is 60.4 Å². The molecule has 1 N–H and O–H groups in total. The molecule has 1 aromatic carbocycles. The van der Waals surface area contributed by atoms with Crippen molar-refractivity contribution in [2.45, 2.75) is 57.3 Å². The van der Waals surface area contributed by atoms with Gasteiger partial charge in [0.15, 0.2) is 14.4 Å². The normalized spacial score (nSPS) is 22.8. The van der Waals surface area contributed by atoms with Crippen molar-refractivity contribution in [3.63, 3.8) is 0 Å². The van der Waals surface area contributed by atoms with Crippen LogP contribution in [0.3, 0.4) is 0 Å². The van der Waals surface area contributed by atoms with Crippen LogP contribution >= 0.6 is 0 Å². The molecular weight excluding hydrogens is 472 g/mol. The fourth-order valence-corrected chi connectivity index (χ4v) is 5.14. The average Bonchev–Trinajstić information content (AvgIpc) is 3.11. The Balaban J connectivity index is 2.10. The van der Waals surface area contributed by atoms with Crippen molar-refractivity contribution in [2.75, 3.05) is 13.7 Å². The van der Waals surface area contributed by atoms with Gasteiger partial charge in [-0.2, -0.15) is 4.57 Å². The average molecular weight is 505 g/mol. The molecule has 3 rings (SSSR count). The minimum atomic E-state index is -2.45. The van der Waals surface area contributed by atoms with Gasteiger partial charge in [-0.15, -0.1) is 0 Å². The maximum Gasteiger partial charge on any atom is 0.340 e. The van der Waals surface area contributed by atoms with Crippen LogP contribution in [0.4, 0.5) is 0 Å². The highest BCUT2D eigenvalue weighted by Gasteiger charge is 2.53. The van der Waals surface area contributed by atoms with E-state index in [2.05, 4.69) is 0 Å². The Kier molecular flexibility index (Phi) is 7.65. The molecule has 1 fully saturated rings. The topological polar surface area (TPSA) is 126 Å². The summed E-state index contributed by atoms with van der Waals surface area (Å²) >= 11 is 0. The number of nitrogens with zero attached hydrogens (tertiary/aromatic N) is 2. The van der Waals surface area contributed by atoms with Crippen LogP contribution in [0.15, 0.2) is 52.2 Å². The van der Waals surface area contributed by atoms with Crippen LogP contribution in [0.1, 0.15) is 37.4 Å². The number of carbonyl (C=O) groups excluding carboxylic acids is 1. The van der Waals surface area contributed by atoms with Gasteiger partial charge in [-0.3, -0.25) is 14.2 Å². The minimum absolute atomic E-state index is 0.0337. The van der Waals surface area contributed by atoms with Gasteiger partial charge in [0.05, 0.1) is 18.6 Å². The van der Waals surface area contributed by atoms with E-state index in [1.807, 2.05) is 33.9 Å². The lowest BCUT2D eigenvalue weighted by atomic mass is 10.0. The molecule has 0 aliphatic carbocycles. The Morgan fingerprint density at radius 3 is 2.29 bits per heavy atom. The monoisotopic (exact) mass is 504 g/mol. The van der Waals surface area contributed by atoms with Gasteiger partial charge in [-0.1, -0.05) is 39.0 Å². The lowest BCUT2D eigenvalue weighted by molar-refractivity contribution is -0.155. The van der Waals surface area contributed by atoms with E-state index in [1.54, 1.807) is 18.2 Å². The molecule has 11 heteroatoms. The molecule has 1 aliphatic heterocycles. The summed E-state index contributed by atoms with van der Waals surface area (Å²) < 4.78 is 19.3. The van der Waals surface area contributed by atoms with Gasteiger partial charge in [0, 0.05) is 24.9 Å². The molecule has 1 aliphatic rings.